The van der Waals surface area contributed by atoms with Gasteiger partial charge in [0.1, 0.15) is 5.75 Å². The molecule has 1 unspecified atom stereocenters. The molecule has 2 aromatic rings. The van der Waals surface area contributed by atoms with E-state index in [-0.39, 0.29) is 18.1 Å². The first-order valence-electron chi connectivity index (χ1n) is 10.8. The summed E-state index contributed by atoms with van der Waals surface area (Å²) < 4.78 is 10.6. The maximum absolute atomic E-state index is 13.4. The van der Waals surface area contributed by atoms with Crippen molar-refractivity contribution < 1.29 is 24.2 Å². The number of likely N-dealkylation sites (N-methyl/N-ethyl adjacent to an activating group) is 1. The molecular formula is C24H29N3O5. The molecule has 2 aliphatic rings. The molecule has 32 heavy (non-hydrogen) atoms. The normalized spacial score (nSPS) is 20.8. The van der Waals surface area contributed by atoms with Crippen LogP contribution in [-0.2, 0) is 16.0 Å². The van der Waals surface area contributed by atoms with Crippen molar-refractivity contribution in [2.24, 2.45) is 0 Å². The summed E-state index contributed by atoms with van der Waals surface area (Å²) in [6, 6.07) is 15.1. The zero-order chi connectivity index (χ0) is 22.7. The standard InChI is InChI=1S/C24H29N3O5/c1-26(20(16-6-4-3-5-7-16)15-27-11-10-19(28)14-27)23(29)22-13-17-12-18(25-24(30)31-2)8-9-21(17)32-22/h3-9,12,19-20,22,28H,10-11,13-15H2,1-2H3,(H,25,30)/t19-,20+,22?/m0/s1. The Kier molecular flexibility index (Phi) is 6.62. The van der Waals surface area contributed by atoms with Crippen LogP contribution >= 0.6 is 0 Å². The number of aliphatic hydroxyl groups excluding tert-OH is 1. The van der Waals surface area contributed by atoms with E-state index >= 15 is 0 Å². The number of ether oxygens (including phenoxy) is 2. The molecule has 2 aliphatic heterocycles. The number of likely N-dealkylation sites (tertiary alicyclic amines) is 1. The summed E-state index contributed by atoms with van der Waals surface area (Å²) in [6.45, 7) is 2.08. The molecule has 170 valence electrons. The summed E-state index contributed by atoms with van der Waals surface area (Å²) in [5.74, 6) is 0.545. The zero-order valence-electron chi connectivity index (χ0n) is 18.4. The number of fused-ring (bicyclic) bond motifs is 1. The number of rotatable bonds is 6. The van der Waals surface area contributed by atoms with Crippen molar-refractivity contribution in [3.8, 4) is 5.75 Å². The number of carbonyl (C=O) groups is 2. The smallest absolute Gasteiger partial charge is 0.411 e. The Morgan fingerprint density at radius 3 is 2.75 bits per heavy atom. The van der Waals surface area contributed by atoms with Crippen LogP contribution in [0, 0.1) is 0 Å². The van der Waals surface area contributed by atoms with Crippen molar-refractivity contribution >= 4 is 17.7 Å². The number of benzene rings is 2. The Morgan fingerprint density at radius 1 is 1.28 bits per heavy atom. The molecule has 0 radical (unpaired) electrons. The molecule has 3 atom stereocenters. The Bertz CT molecular complexity index is 967. The van der Waals surface area contributed by atoms with Crippen LogP contribution in [0.3, 0.4) is 0 Å². The molecule has 0 bridgehead atoms. The van der Waals surface area contributed by atoms with Crippen molar-refractivity contribution in [3.05, 3.63) is 59.7 Å². The predicted molar refractivity (Wildman–Crippen MR) is 120 cm³/mol. The lowest BCUT2D eigenvalue weighted by molar-refractivity contribution is -0.139. The van der Waals surface area contributed by atoms with Crippen LogP contribution in [0.25, 0.3) is 0 Å². The number of hydrogen-bond donors (Lipinski definition) is 2. The number of hydrogen-bond acceptors (Lipinski definition) is 6. The van der Waals surface area contributed by atoms with E-state index in [4.69, 9.17) is 4.74 Å². The second-order valence-corrected chi connectivity index (χ2v) is 8.33. The minimum Gasteiger partial charge on any atom is -0.480 e. The van der Waals surface area contributed by atoms with Gasteiger partial charge in [-0.05, 0) is 30.2 Å². The lowest BCUT2D eigenvalue weighted by Gasteiger charge is -2.33. The van der Waals surface area contributed by atoms with Gasteiger partial charge in [-0.1, -0.05) is 30.3 Å². The van der Waals surface area contributed by atoms with E-state index in [9.17, 15) is 14.7 Å². The van der Waals surface area contributed by atoms with Gasteiger partial charge in [-0.25, -0.2) is 4.79 Å². The topological polar surface area (TPSA) is 91.3 Å². The highest BCUT2D eigenvalue weighted by molar-refractivity contribution is 5.86. The number of aliphatic hydroxyl groups is 1. The molecule has 1 saturated heterocycles. The van der Waals surface area contributed by atoms with Gasteiger partial charge in [0.15, 0.2) is 6.10 Å². The molecular weight excluding hydrogens is 410 g/mol. The van der Waals surface area contributed by atoms with E-state index in [0.29, 0.717) is 30.9 Å². The van der Waals surface area contributed by atoms with Gasteiger partial charge >= 0.3 is 6.09 Å². The van der Waals surface area contributed by atoms with Crippen molar-refractivity contribution in [2.45, 2.75) is 31.1 Å². The number of amides is 2. The Morgan fingerprint density at radius 2 is 2.06 bits per heavy atom. The third-order valence-electron chi connectivity index (χ3n) is 6.12. The number of anilines is 1. The summed E-state index contributed by atoms with van der Waals surface area (Å²) in [5.41, 5.74) is 2.50. The molecule has 2 aromatic carbocycles. The monoisotopic (exact) mass is 439 g/mol. The number of β-amino-alcohol motifs (C(OH)–C–C–N with tert-alkyl or cyclic N) is 1. The molecule has 0 saturated carbocycles. The summed E-state index contributed by atoms with van der Waals surface area (Å²) >= 11 is 0. The molecule has 2 amide bonds. The van der Waals surface area contributed by atoms with E-state index in [1.807, 2.05) is 37.4 Å². The largest absolute Gasteiger partial charge is 0.480 e. The van der Waals surface area contributed by atoms with Crippen LogP contribution in [0.1, 0.15) is 23.6 Å². The molecule has 0 aromatic heterocycles. The van der Waals surface area contributed by atoms with Gasteiger partial charge < -0.3 is 19.5 Å². The van der Waals surface area contributed by atoms with Gasteiger partial charge in [-0.3, -0.25) is 15.0 Å². The highest BCUT2D eigenvalue weighted by Crippen LogP contribution is 2.33. The second-order valence-electron chi connectivity index (χ2n) is 8.33. The molecule has 4 rings (SSSR count). The summed E-state index contributed by atoms with van der Waals surface area (Å²) in [4.78, 5) is 28.8. The lowest BCUT2D eigenvalue weighted by Crippen LogP contribution is -2.44. The fraction of sp³-hybridized carbons (Fsp3) is 0.417. The third-order valence-corrected chi connectivity index (χ3v) is 6.12. The summed E-state index contributed by atoms with van der Waals surface area (Å²) in [6.07, 6.45) is -0.304. The van der Waals surface area contributed by atoms with Crippen molar-refractivity contribution in [1.82, 2.24) is 9.80 Å². The van der Waals surface area contributed by atoms with E-state index in [1.165, 1.54) is 7.11 Å². The average Bonchev–Trinajstić information content (AvgIpc) is 3.42. The zero-order valence-corrected chi connectivity index (χ0v) is 18.4. The van der Waals surface area contributed by atoms with Crippen LogP contribution in [0.4, 0.5) is 10.5 Å². The lowest BCUT2D eigenvalue weighted by atomic mass is 10.0. The van der Waals surface area contributed by atoms with Gasteiger partial charge in [0.05, 0.1) is 19.3 Å². The Labute approximate surface area is 187 Å². The van der Waals surface area contributed by atoms with E-state index in [1.54, 1.807) is 23.1 Å². The fourth-order valence-electron chi connectivity index (χ4n) is 4.36. The van der Waals surface area contributed by atoms with Crippen LogP contribution in [0.15, 0.2) is 48.5 Å². The maximum Gasteiger partial charge on any atom is 0.411 e. The van der Waals surface area contributed by atoms with Crippen molar-refractivity contribution in [2.75, 3.05) is 39.1 Å². The van der Waals surface area contributed by atoms with Crippen molar-refractivity contribution in [3.63, 3.8) is 0 Å². The van der Waals surface area contributed by atoms with E-state index in [2.05, 4.69) is 15.0 Å². The minimum absolute atomic E-state index is 0.0997. The number of nitrogens with zero attached hydrogens (tertiary/aromatic N) is 2. The van der Waals surface area contributed by atoms with Gasteiger partial charge in [0.25, 0.3) is 5.91 Å². The highest BCUT2D eigenvalue weighted by Gasteiger charge is 2.35. The molecule has 0 aliphatic carbocycles. The fourth-order valence-corrected chi connectivity index (χ4v) is 4.36. The predicted octanol–water partition coefficient (Wildman–Crippen LogP) is 2.43. The molecule has 8 heteroatoms. The SMILES string of the molecule is COC(=O)Nc1ccc2c(c1)CC(C(=O)N(C)[C@H](CN1CC[C@H](O)C1)c1ccccc1)O2. The van der Waals surface area contributed by atoms with E-state index in [0.717, 1.165) is 24.1 Å². The number of methoxy groups -OCH3 is 1. The van der Waals surface area contributed by atoms with Gasteiger partial charge in [-0.15, -0.1) is 0 Å². The number of carbonyl (C=O) groups excluding carboxylic acids is 2. The first-order valence-corrected chi connectivity index (χ1v) is 10.8. The third kappa shape index (κ3) is 4.87. The Balaban J connectivity index is 1.48. The second kappa shape index (κ2) is 9.58. The molecule has 0 spiro atoms. The number of nitrogens with one attached hydrogen (secondary N) is 1. The molecule has 2 heterocycles. The van der Waals surface area contributed by atoms with Crippen LogP contribution in [0.5, 0.6) is 5.75 Å². The Hall–Kier alpha value is -3.10. The maximum atomic E-state index is 13.4. The first-order chi connectivity index (χ1) is 15.4. The highest BCUT2D eigenvalue weighted by atomic mass is 16.5. The minimum atomic E-state index is -0.626. The molecule has 8 nitrogen and oxygen atoms in total. The quantitative estimate of drug-likeness (QED) is 0.719. The van der Waals surface area contributed by atoms with Gasteiger partial charge in [0, 0.05) is 44.4 Å². The summed E-state index contributed by atoms with van der Waals surface area (Å²) in [7, 11) is 3.12. The van der Waals surface area contributed by atoms with Crippen LogP contribution in [-0.4, -0.2) is 72.9 Å². The van der Waals surface area contributed by atoms with E-state index < -0.39 is 12.2 Å². The summed E-state index contributed by atoms with van der Waals surface area (Å²) in [5, 5.41) is 12.6. The van der Waals surface area contributed by atoms with Gasteiger partial charge in [-0.2, -0.15) is 0 Å². The van der Waals surface area contributed by atoms with Crippen LogP contribution < -0.4 is 10.1 Å². The first kappa shape index (κ1) is 22.1. The molecule has 1 fully saturated rings. The van der Waals surface area contributed by atoms with Crippen molar-refractivity contribution in [1.29, 1.82) is 0 Å². The average molecular weight is 440 g/mol. The van der Waals surface area contributed by atoms with Gasteiger partial charge in [0.2, 0.25) is 0 Å². The molecule has 2 N–H and O–H groups in total. The van der Waals surface area contributed by atoms with Crippen LogP contribution in [0.2, 0.25) is 0 Å².